The lowest BCUT2D eigenvalue weighted by Crippen LogP contribution is -2.36. The highest BCUT2D eigenvalue weighted by Gasteiger charge is 2.05. The second-order valence-electron chi connectivity index (χ2n) is 3.74. The summed E-state index contributed by atoms with van der Waals surface area (Å²) in [5, 5.41) is 7.19. The van der Waals surface area contributed by atoms with Crippen molar-refractivity contribution < 1.29 is 0 Å². The van der Waals surface area contributed by atoms with Gasteiger partial charge in [0.2, 0.25) is 0 Å². The van der Waals surface area contributed by atoms with Crippen molar-refractivity contribution in [2.24, 2.45) is 5.73 Å². The highest BCUT2D eigenvalue weighted by Crippen LogP contribution is 1.94. The molecule has 4 nitrogen and oxygen atoms in total. The van der Waals surface area contributed by atoms with Crippen LogP contribution in [-0.4, -0.2) is 54.9 Å². The van der Waals surface area contributed by atoms with E-state index in [1.165, 1.54) is 0 Å². The molecule has 0 amide bonds. The minimum atomic E-state index is 0.288. The number of hydrogen-bond acceptors (Lipinski definition) is 3. The maximum absolute atomic E-state index is 7.19. The van der Waals surface area contributed by atoms with E-state index in [1.54, 1.807) is 0 Å². The van der Waals surface area contributed by atoms with E-state index in [0.29, 0.717) is 6.42 Å². The molecular formula is C11H26N4. The molecule has 0 radical (unpaired) electrons. The first-order valence-electron chi connectivity index (χ1n) is 5.91. The predicted molar refractivity (Wildman–Crippen MR) is 66.4 cm³/mol. The summed E-state index contributed by atoms with van der Waals surface area (Å²) >= 11 is 0. The van der Waals surface area contributed by atoms with E-state index in [4.69, 9.17) is 11.1 Å². The zero-order chi connectivity index (χ0) is 11.7. The van der Waals surface area contributed by atoms with E-state index in [1.807, 2.05) is 0 Å². The van der Waals surface area contributed by atoms with Gasteiger partial charge in [0.05, 0.1) is 5.84 Å². The normalized spacial score (nSPS) is 11.3. The lowest BCUT2D eigenvalue weighted by molar-refractivity contribution is 0.224. The molecule has 0 aliphatic heterocycles. The average Bonchev–Trinajstić information content (AvgIpc) is 2.23. The fourth-order valence-corrected chi connectivity index (χ4v) is 1.53. The zero-order valence-corrected chi connectivity index (χ0v) is 10.4. The molecule has 0 saturated carbocycles. The molecule has 0 aromatic heterocycles. The van der Waals surface area contributed by atoms with Crippen LogP contribution >= 0.6 is 0 Å². The number of likely N-dealkylation sites (N-methyl/N-ethyl adjacent to an activating group) is 2. The van der Waals surface area contributed by atoms with Crippen molar-refractivity contribution in [3.05, 3.63) is 0 Å². The van der Waals surface area contributed by atoms with Crippen LogP contribution in [-0.2, 0) is 0 Å². The first-order valence-corrected chi connectivity index (χ1v) is 5.91. The van der Waals surface area contributed by atoms with E-state index < -0.39 is 0 Å². The van der Waals surface area contributed by atoms with Gasteiger partial charge in [0.25, 0.3) is 0 Å². The Bertz CT molecular complexity index is 166. The summed E-state index contributed by atoms with van der Waals surface area (Å²) < 4.78 is 0. The van der Waals surface area contributed by atoms with Crippen LogP contribution in [0.2, 0.25) is 0 Å². The summed E-state index contributed by atoms with van der Waals surface area (Å²) in [5.41, 5.74) is 5.35. The maximum atomic E-state index is 7.19. The standard InChI is InChI=1S/C11H26N4/c1-4-14(5-2)9-10-15(6-3)8-7-11(12)13/h4-10H2,1-3H3,(H3,12,13). The highest BCUT2D eigenvalue weighted by molar-refractivity contribution is 5.76. The van der Waals surface area contributed by atoms with E-state index in [-0.39, 0.29) is 5.84 Å². The van der Waals surface area contributed by atoms with Gasteiger partial charge in [-0.1, -0.05) is 20.8 Å². The molecule has 0 aliphatic carbocycles. The first-order chi connectivity index (χ1) is 7.13. The number of nitrogens with two attached hydrogens (primary N) is 1. The largest absolute Gasteiger partial charge is 0.388 e. The highest BCUT2D eigenvalue weighted by atomic mass is 15.2. The van der Waals surface area contributed by atoms with Gasteiger partial charge in [-0.05, 0) is 19.6 Å². The predicted octanol–water partition coefficient (Wildman–Crippen LogP) is 0.976. The summed E-state index contributed by atoms with van der Waals surface area (Å²) in [4.78, 5) is 4.76. The van der Waals surface area contributed by atoms with Gasteiger partial charge in [0.1, 0.15) is 0 Å². The summed E-state index contributed by atoms with van der Waals surface area (Å²) in [7, 11) is 0. The fourth-order valence-electron chi connectivity index (χ4n) is 1.53. The van der Waals surface area contributed by atoms with Gasteiger partial charge in [-0.15, -0.1) is 0 Å². The molecule has 0 spiro atoms. The zero-order valence-electron chi connectivity index (χ0n) is 10.4. The van der Waals surface area contributed by atoms with E-state index >= 15 is 0 Å². The lowest BCUT2D eigenvalue weighted by atomic mass is 10.3. The summed E-state index contributed by atoms with van der Waals surface area (Å²) in [5.74, 6) is 0.288. The van der Waals surface area contributed by atoms with Crippen molar-refractivity contribution in [3.63, 3.8) is 0 Å². The second-order valence-corrected chi connectivity index (χ2v) is 3.74. The number of hydrogen-bond donors (Lipinski definition) is 2. The maximum Gasteiger partial charge on any atom is 0.0918 e. The topological polar surface area (TPSA) is 56.4 Å². The molecule has 0 heterocycles. The third kappa shape index (κ3) is 7.33. The third-order valence-electron chi connectivity index (χ3n) is 2.77. The average molecular weight is 214 g/mol. The Morgan fingerprint density at radius 2 is 1.40 bits per heavy atom. The molecule has 0 aliphatic rings. The van der Waals surface area contributed by atoms with E-state index in [9.17, 15) is 0 Å². The molecule has 15 heavy (non-hydrogen) atoms. The number of nitrogens with one attached hydrogen (secondary N) is 1. The molecule has 0 aromatic carbocycles. The Morgan fingerprint density at radius 1 is 0.933 bits per heavy atom. The Morgan fingerprint density at radius 3 is 1.80 bits per heavy atom. The third-order valence-corrected chi connectivity index (χ3v) is 2.77. The first kappa shape index (κ1) is 14.4. The van der Waals surface area contributed by atoms with Gasteiger partial charge >= 0.3 is 0 Å². The molecule has 90 valence electrons. The van der Waals surface area contributed by atoms with Crippen molar-refractivity contribution >= 4 is 5.84 Å². The summed E-state index contributed by atoms with van der Waals surface area (Å²) in [6.45, 7) is 12.9. The minimum absolute atomic E-state index is 0.288. The fraction of sp³-hybridized carbons (Fsp3) is 0.909. The van der Waals surface area contributed by atoms with Crippen molar-refractivity contribution in [1.82, 2.24) is 9.80 Å². The Hall–Kier alpha value is -0.610. The van der Waals surface area contributed by atoms with Crippen molar-refractivity contribution in [2.45, 2.75) is 27.2 Å². The van der Waals surface area contributed by atoms with Crippen molar-refractivity contribution in [3.8, 4) is 0 Å². The summed E-state index contributed by atoms with van der Waals surface area (Å²) in [6.07, 6.45) is 0.687. The Kier molecular flexibility index (Phi) is 8.33. The molecule has 4 heteroatoms. The van der Waals surface area contributed by atoms with Crippen molar-refractivity contribution in [1.29, 1.82) is 5.41 Å². The Balaban J connectivity index is 3.73. The van der Waals surface area contributed by atoms with Gasteiger partial charge in [0.15, 0.2) is 0 Å². The molecule has 0 atom stereocenters. The molecular weight excluding hydrogens is 188 g/mol. The molecule has 3 N–H and O–H groups in total. The van der Waals surface area contributed by atoms with Gasteiger partial charge in [-0.3, -0.25) is 5.41 Å². The van der Waals surface area contributed by atoms with Crippen LogP contribution in [0.1, 0.15) is 27.2 Å². The van der Waals surface area contributed by atoms with Crippen LogP contribution in [0.4, 0.5) is 0 Å². The second kappa shape index (κ2) is 8.68. The van der Waals surface area contributed by atoms with Crippen LogP contribution in [0.3, 0.4) is 0 Å². The number of nitrogens with zero attached hydrogens (tertiary/aromatic N) is 2. The molecule has 0 saturated heterocycles. The molecule has 0 bridgehead atoms. The van der Waals surface area contributed by atoms with Crippen LogP contribution < -0.4 is 5.73 Å². The number of rotatable bonds is 9. The number of amidine groups is 1. The van der Waals surface area contributed by atoms with Gasteiger partial charge in [0, 0.05) is 26.1 Å². The summed E-state index contributed by atoms with van der Waals surface area (Å²) in [6, 6.07) is 0. The minimum Gasteiger partial charge on any atom is -0.388 e. The monoisotopic (exact) mass is 214 g/mol. The smallest absolute Gasteiger partial charge is 0.0918 e. The van der Waals surface area contributed by atoms with Crippen LogP contribution in [0.25, 0.3) is 0 Å². The van der Waals surface area contributed by atoms with E-state index in [2.05, 4.69) is 30.6 Å². The Labute approximate surface area is 93.9 Å². The quantitative estimate of drug-likeness (QED) is 0.444. The van der Waals surface area contributed by atoms with Gasteiger partial charge in [-0.25, -0.2) is 0 Å². The molecule has 0 rings (SSSR count). The van der Waals surface area contributed by atoms with E-state index in [0.717, 1.165) is 39.3 Å². The van der Waals surface area contributed by atoms with Crippen LogP contribution in [0.5, 0.6) is 0 Å². The van der Waals surface area contributed by atoms with Gasteiger partial charge in [-0.2, -0.15) is 0 Å². The molecule has 0 fully saturated rings. The molecule has 0 aromatic rings. The van der Waals surface area contributed by atoms with Gasteiger partial charge < -0.3 is 15.5 Å². The van der Waals surface area contributed by atoms with Crippen molar-refractivity contribution in [2.75, 3.05) is 39.3 Å². The van der Waals surface area contributed by atoms with Crippen LogP contribution in [0.15, 0.2) is 0 Å². The molecule has 0 unspecified atom stereocenters. The SMILES string of the molecule is CCN(CC)CCN(CC)CCC(=N)N. The van der Waals surface area contributed by atoms with Crippen LogP contribution in [0, 0.1) is 5.41 Å². The lowest BCUT2D eigenvalue weighted by Gasteiger charge is -2.24.